The lowest BCUT2D eigenvalue weighted by Crippen LogP contribution is -2.51. The third-order valence-electron chi connectivity index (χ3n) is 3.65. The third kappa shape index (κ3) is 3.00. The van der Waals surface area contributed by atoms with E-state index in [1.54, 1.807) is 0 Å². The van der Waals surface area contributed by atoms with Gasteiger partial charge in [-0.1, -0.05) is 13.8 Å². The van der Waals surface area contributed by atoms with Crippen LogP contribution in [0.3, 0.4) is 0 Å². The van der Waals surface area contributed by atoms with E-state index in [0.717, 1.165) is 0 Å². The number of aliphatic carboxylic acids is 1. The first-order chi connectivity index (χ1) is 8.25. The summed E-state index contributed by atoms with van der Waals surface area (Å²) in [5.41, 5.74) is 5.94. The molecule has 104 valence electrons. The van der Waals surface area contributed by atoms with E-state index in [1.165, 1.54) is 6.92 Å². The molecule has 1 amide bonds. The Labute approximate surface area is 107 Å². The van der Waals surface area contributed by atoms with Crippen LogP contribution in [-0.4, -0.2) is 40.3 Å². The summed E-state index contributed by atoms with van der Waals surface area (Å²) in [4.78, 5) is 22.2. The van der Waals surface area contributed by atoms with Gasteiger partial charge in [0.2, 0.25) is 5.91 Å². The number of hydrogen-bond acceptors (Lipinski definition) is 4. The second kappa shape index (κ2) is 5.67. The van der Waals surface area contributed by atoms with Crippen LogP contribution < -0.4 is 11.1 Å². The van der Waals surface area contributed by atoms with E-state index < -0.39 is 30.0 Å². The van der Waals surface area contributed by atoms with Gasteiger partial charge in [0.15, 0.2) is 0 Å². The van der Waals surface area contributed by atoms with Crippen molar-refractivity contribution in [1.29, 1.82) is 0 Å². The molecule has 0 saturated heterocycles. The quantitative estimate of drug-likeness (QED) is 0.546. The number of rotatable bonds is 4. The summed E-state index contributed by atoms with van der Waals surface area (Å²) in [5, 5.41) is 21.9. The second-order valence-electron chi connectivity index (χ2n) is 5.38. The van der Waals surface area contributed by atoms with Crippen LogP contribution in [0.15, 0.2) is 0 Å². The molecule has 18 heavy (non-hydrogen) atoms. The second-order valence-corrected chi connectivity index (χ2v) is 5.38. The molecule has 1 aliphatic rings. The van der Waals surface area contributed by atoms with Crippen molar-refractivity contribution in [1.82, 2.24) is 5.32 Å². The minimum atomic E-state index is -1.04. The molecule has 5 N–H and O–H groups in total. The van der Waals surface area contributed by atoms with Gasteiger partial charge in [-0.2, -0.15) is 0 Å². The van der Waals surface area contributed by atoms with Crippen LogP contribution in [0.5, 0.6) is 0 Å². The monoisotopic (exact) mass is 258 g/mol. The first-order valence-corrected chi connectivity index (χ1v) is 6.19. The Balaban J connectivity index is 2.91. The predicted molar refractivity (Wildman–Crippen MR) is 65.7 cm³/mol. The summed E-state index contributed by atoms with van der Waals surface area (Å²) in [7, 11) is 0. The van der Waals surface area contributed by atoms with Crippen molar-refractivity contribution in [3.05, 3.63) is 0 Å². The molecule has 1 rings (SSSR count). The molecule has 1 saturated carbocycles. The Hall–Kier alpha value is -1.14. The highest BCUT2D eigenvalue weighted by Crippen LogP contribution is 2.35. The van der Waals surface area contributed by atoms with Gasteiger partial charge in [-0.15, -0.1) is 0 Å². The van der Waals surface area contributed by atoms with Crippen LogP contribution >= 0.6 is 0 Å². The number of carboxylic acid groups (broad SMARTS) is 1. The molecule has 0 aromatic heterocycles. The number of nitrogens with one attached hydrogen (secondary N) is 1. The molecule has 1 fully saturated rings. The fourth-order valence-corrected chi connectivity index (χ4v) is 2.78. The van der Waals surface area contributed by atoms with Gasteiger partial charge >= 0.3 is 5.97 Å². The van der Waals surface area contributed by atoms with Crippen LogP contribution in [0.4, 0.5) is 0 Å². The number of aliphatic hydroxyl groups is 1. The molecule has 1 aliphatic carbocycles. The maximum atomic E-state index is 11.2. The Morgan fingerprint density at radius 1 is 1.39 bits per heavy atom. The van der Waals surface area contributed by atoms with Gasteiger partial charge in [-0.25, -0.2) is 0 Å². The summed E-state index contributed by atoms with van der Waals surface area (Å²) in [6, 6.07) is -0.725. The van der Waals surface area contributed by atoms with Gasteiger partial charge < -0.3 is 21.3 Å². The van der Waals surface area contributed by atoms with Crippen molar-refractivity contribution in [2.24, 2.45) is 23.5 Å². The number of aliphatic hydroxyl groups excluding tert-OH is 1. The van der Waals surface area contributed by atoms with Crippen molar-refractivity contribution in [2.45, 2.75) is 45.4 Å². The zero-order valence-corrected chi connectivity index (χ0v) is 11.0. The number of carboxylic acids is 1. The highest BCUT2D eigenvalue weighted by molar-refractivity contribution is 5.73. The smallest absolute Gasteiger partial charge is 0.309 e. The zero-order chi connectivity index (χ0) is 14.0. The Morgan fingerprint density at radius 2 is 1.94 bits per heavy atom. The van der Waals surface area contributed by atoms with Crippen molar-refractivity contribution < 1.29 is 19.8 Å². The van der Waals surface area contributed by atoms with Crippen LogP contribution in [-0.2, 0) is 9.59 Å². The van der Waals surface area contributed by atoms with E-state index in [9.17, 15) is 14.7 Å². The van der Waals surface area contributed by atoms with E-state index >= 15 is 0 Å². The van der Waals surface area contributed by atoms with Crippen molar-refractivity contribution >= 4 is 11.9 Å². The minimum absolute atomic E-state index is 0.0761. The number of nitrogens with two attached hydrogens (primary N) is 1. The van der Waals surface area contributed by atoms with Crippen molar-refractivity contribution in [2.75, 3.05) is 0 Å². The molecule has 6 heteroatoms. The maximum Gasteiger partial charge on any atom is 0.309 e. The Kier molecular flexibility index (Phi) is 4.70. The molecule has 0 aromatic carbocycles. The average molecular weight is 258 g/mol. The van der Waals surface area contributed by atoms with Crippen LogP contribution in [0.25, 0.3) is 0 Å². The molecule has 0 spiro atoms. The molecular weight excluding hydrogens is 236 g/mol. The summed E-state index contributed by atoms with van der Waals surface area (Å²) in [5.74, 6) is -2.43. The molecule has 5 atom stereocenters. The molecule has 0 bridgehead atoms. The molecular formula is C12H22N2O4. The number of carbonyl (C=O) groups excluding carboxylic acids is 1. The van der Waals surface area contributed by atoms with Crippen LogP contribution in [0.2, 0.25) is 0 Å². The summed E-state index contributed by atoms with van der Waals surface area (Å²) in [6.07, 6.45) is -0.777. The van der Waals surface area contributed by atoms with E-state index in [2.05, 4.69) is 5.32 Å². The lowest BCUT2D eigenvalue weighted by molar-refractivity contribution is -0.145. The van der Waals surface area contributed by atoms with Crippen LogP contribution in [0, 0.1) is 17.8 Å². The maximum absolute atomic E-state index is 11.2. The van der Waals surface area contributed by atoms with Gasteiger partial charge in [-0.05, 0) is 12.3 Å². The number of amides is 1. The average Bonchev–Trinajstić information content (AvgIpc) is 2.51. The Morgan fingerprint density at radius 3 is 2.28 bits per heavy atom. The summed E-state index contributed by atoms with van der Waals surface area (Å²) in [6.45, 7) is 5.22. The van der Waals surface area contributed by atoms with E-state index in [-0.39, 0.29) is 24.3 Å². The topological polar surface area (TPSA) is 113 Å². The fraction of sp³-hybridized carbons (Fsp3) is 0.833. The molecule has 4 unspecified atom stereocenters. The van der Waals surface area contributed by atoms with Gasteiger partial charge in [0.25, 0.3) is 0 Å². The first kappa shape index (κ1) is 14.9. The normalized spacial score (nSPS) is 33.4. The van der Waals surface area contributed by atoms with Gasteiger partial charge in [0.05, 0.1) is 12.0 Å². The van der Waals surface area contributed by atoms with Crippen molar-refractivity contribution in [3.63, 3.8) is 0 Å². The minimum Gasteiger partial charge on any atom is -0.481 e. The number of hydrogen-bond donors (Lipinski definition) is 4. The summed E-state index contributed by atoms with van der Waals surface area (Å²) < 4.78 is 0. The predicted octanol–water partition coefficient (Wildman–Crippen LogP) is -0.444. The van der Waals surface area contributed by atoms with E-state index in [4.69, 9.17) is 10.8 Å². The third-order valence-corrected chi connectivity index (χ3v) is 3.65. The Bertz CT molecular complexity index is 332. The van der Waals surface area contributed by atoms with Gasteiger partial charge in [0.1, 0.15) is 0 Å². The molecule has 0 aromatic rings. The summed E-state index contributed by atoms with van der Waals surface area (Å²) >= 11 is 0. The van der Waals surface area contributed by atoms with E-state index in [1.807, 2.05) is 13.8 Å². The van der Waals surface area contributed by atoms with Crippen molar-refractivity contribution in [3.8, 4) is 0 Å². The van der Waals surface area contributed by atoms with Crippen LogP contribution in [0.1, 0.15) is 27.2 Å². The van der Waals surface area contributed by atoms with Gasteiger partial charge in [-0.3, -0.25) is 9.59 Å². The lowest BCUT2D eigenvalue weighted by Gasteiger charge is -2.32. The zero-order valence-electron chi connectivity index (χ0n) is 11.0. The largest absolute Gasteiger partial charge is 0.481 e. The standard InChI is InChI=1S/C12H22N2O4/c1-5(2)10(14-6(3)15)9-8(13)4-7(11(9)16)12(17)18/h5,7-11,16H,4,13H2,1-3H3,(H,14,15)(H,17,18)/t7?,8?,9-,10?,11?/m1/s1. The molecule has 0 aliphatic heterocycles. The molecule has 0 radical (unpaired) electrons. The van der Waals surface area contributed by atoms with Gasteiger partial charge in [0, 0.05) is 24.9 Å². The number of carbonyl (C=O) groups is 2. The fourth-order valence-electron chi connectivity index (χ4n) is 2.78. The van der Waals surface area contributed by atoms with E-state index in [0.29, 0.717) is 0 Å². The lowest BCUT2D eigenvalue weighted by atomic mass is 9.84. The molecule has 0 heterocycles. The molecule has 6 nitrogen and oxygen atoms in total. The SMILES string of the molecule is CC(=O)NC(C(C)C)[C@H]1C(N)CC(C(=O)O)C1O. The first-order valence-electron chi connectivity index (χ1n) is 6.19. The highest BCUT2D eigenvalue weighted by Gasteiger charge is 2.48. The highest BCUT2D eigenvalue weighted by atomic mass is 16.4.